The van der Waals surface area contributed by atoms with E-state index >= 15 is 0 Å². The van der Waals surface area contributed by atoms with E-state index in [-0.39, 0.29) is 21.9 Å². The summed E-state index contributed by atoms with van der Waals surface area (Å²) < 4.78 is 10.3. The van der Waals surface area contributed by atoms with Gasteiger partial charge in [0.25, 0.3) is 11.1 Å². The van der Waals surface area contributed by atoms with Crippen LogP contribution in [-0.4, -0.2) is 20.0 Å². The fraction of sp³-hybridized carbons (Fsp3) is 0.636. The molecule has 8 heteroatoms. The van der Waals surface area contributed by atoms with Gasteiger partial charge in [0.1, 0.15) is 11.5 Å². The molecule has 0 aromatic carbocycles. The molecular formula is C22H32N2O4S2. The number of aromatic nitrogens is 2. The van der Waals surface area contributed by atoms with Crippen molar-refractivity contribution in [1.29, 1.82) is 0 Å². The first-order chi connectivity index (χ1) is 13.9. The quantitative estimate of drug-likeness (QED) is 0.408. The molecule has 0 fully saturated rings. The summed E-state index contributed by atoms with van der Waals surface area (Å²) in [5.74, 6) is 1.36. The Morgan fingerprint density at radius 1 is 0.767 bits per heavy atom. The highest BCUT2D eigenvalue weighted by atomic mass is 32.1. The van der Waals surface area contributed by atoms with Gasteiger partial charge < -0.3 is 9.05 Å². The van der Waals surface area contributed by atoms with E-state index in [0.717, 1.165) is 48.3 Å². The normalized spacial score (nSPS) is 12.3. The monoisotopic (exact) mass is 452 g/mol. The van der Waals surface area contributed by atoms with Gasteiger partial charge in [0.05, 0.1) is 0 Å². The van der Waals surface area contributed by atoms with E-state index in [1.54, 1.807) is 0 Å². The number of aromatic amines is 2. The van der Waals surface area contributed by atoms with E-state index in [2.05, 4.69) is 38.0 Å². The Morgan fingerprint density at radius 2 is 1.13 bits per heavy atom. The number of H-pyrrole nitrogens is 2. The van der Waals surface area contributed by atoms with Gasteiger partial charge in [0, 0.05) is 25.0 Å². The fourth-order valence-electron chi connectivity index (χ4n) is 3.42. The van der Waals surface area contributed by atoms with Gasteiger partial charge in [-0.25, -0.2) is 0 Å². The zero-order valence-corrected chi connectivity index (χ0v) is 19.9. The first-order valence-corrected chi connectivity index (χ1v) is 11.1. The molecule has 0 bridgehead atoms. The molecule has 0 amide bonds. The molecular weight excluding hydrogens is 420 g/mol. The fourth-order valence-corrected chi connectivity index (χ4v) is 3.83. The molecule has 166 valence electrons. The van der Waals surface area contributed by atoms with Gasteiger partial charge in [0.2, 0.25) is 0 Å². The Morgan fingerprint density at radius 3 is 1.43 bits per heavy atom. The maximum atomic E-state index is 11.2. The Balaban J connectivity index is 1.67. The summed E-state index contributed by atoms with van der Waals surface area (Å²) in [5.41, 5.74) is -0.406. The average Bonchev–Trinajstić information content (AvgIpc) is 3.23. The van der Waals surface area contributed by atoms with Crippen LogP contribution in [0.2, 0.25) is 0 Å². The van der Waals surface area contributed by atoms with Crippen LogP contribution < -0.4 is 11.1 Å². The lowest BCUT2D eigenvalue weighted by molar-refractivity contribution is 0.284. The third-order valence-corrected chi connectivity index (χ3v) is 6.12. The van der Waals surface area contributed by atoms with Crippen molar-refractivity contribution in [2.24, 2.45) is 10.8 Å². The van der Waals surface area contributed by atoms with Crippen LogP contribution in [0.1, 0.15) is 77.7 Å². The Kier molecular flexibility index (Phi) is 8.55. The Labute approximate surface area is 187 Å². The zero-order chi connectivity index (χ0) is 22.4. The minimum atomic E-state index is -0.203. The largest absolute Gasteiger partial charge is 0.384 e. The number of nitrogens with one attached hydrogen (secondary N) is 2. The predicted octanol–water partition coefficient (Wildman–Crippen LogP) is 5.17. The van der Waals surface area contributed by atoms with Crippen LogP contribution in [0.5, 0.6) is 0 Å². The molecule has 2 rings (SSSR count). The van der Waals surface area contributed by atoms with Crippen molar-refractivity contribution in [3.8, 4) is 0 Å². The first kappa shape index (κ1) is 24.5. The van der Waals surface area contributed by atoms with Crippen LogP contribution in [0.15, 0.2) is 30.8 Å². The first-order valence-electron chi connectivity index (χ1n) is 10.3. The van der Waals surface area contributed by atoms with E-state index in [0.29, 0.717) is 24.4 Å². The van der Waals surface area contributed by atoms with E-state index in [9.17, 15) is 9.59 Å². The zero-order valence-electron chi connectivity index (χ0n) is 18.3. The van der Waals surface area contributed by atoms with Crippen LogP contribution in [0, 0.1) is 10.8 Å². The van der Waals surface area contributed by atoms with Gasteiger partial charge >= 0.3 is 0 Å². The van der Waals surface area contributed by atoms with Crippen LogP contribution in [0.25, 0.3) is 0 Å². The Bertz CT molecular complexity index is 884. The topological polar surface area (TPSA) is 92.0 Å². The summed E-state index contributed by atoms with van der Waals surface area (Å²) in [5, 5.41) is 4.67. The maximum absolute atomic E-state index is 11.2. The molecule has 0 radical (unpaired) electrons. The second-order valence-corrected chi connectivity index (χ2v) is 10.8. The van der Waals surface area contributed by atoms with Gasteiger partial charge in [0.15, 0.2) is 0 Å². The standard InChI is InChI=1S/C22H32N2O4S2/c1-21(2,13-15-11-19(25)23-27-15)9-7-17(29)5-6-18(30)8-10-22(3,4)14-16-12-20(26)24-28-16/h11-12H,5-10,13-14H2,1-4H3,(H,23,25)(H,24,26). The van der Waals surface area contributed by atoms with Gasteiger partial charge in [-0.05, 0) is 59.1 Å². The second-order valence-electron chi connectivity index (χ2n) is 9.62. The summed E-state index contributed by atoms with van der Waals surface area (Å²) in [6.07, 6.45) is 6.64. The molecule has 0 saturated heterocycles. The molecule has 0 unspecified atom stereocenters. The molecule has 0 aliphatic heterocycles. The highest BCUT2D eigenvalue weighted by Gasteiger charge is 2.23. The number of hydrogen-bond acceptors (Lipinski definition) is 6. The molecule has 0 spiro atoms. The summed E-state index contributed by atoms with van der Waals surface area (Å²) in [6, 6.07) is 3.01. The third kappa shape index (κ3) is 8.92. The molecule has 0 atom stereocenters. The highest BCUT2D eigenvalue weighted by molar-refractivity contribution is 7.80. The minimum Gasteiger partial charge on any atom is -0.384 e. The lowest BCUT2D eigenvalue weighted by Gasteiger charge is -2.24. The van der Waals surface area contributed by atoms with Crippen LogP contribution in [0.4, 0.5) is 0 Å². The molecule has 6 nitrogen and oxygen atoms in total. The summed E-state index contributed by atoms with van der Waals surface area (Å²) in [7, 11) is 0. The summed E-state index contributed by atoms with van der Waals surface area (Å²) in [4.78, 5) is 24.5. The second kappa shape index (κ2) is 10.5. The van der Waals surface area contributed by atoms with Crippen molar-refractivity contribution in [2.75, 3.05) is 0 Å². The molecule has 0 aliphatic rings. The minimum absolute atomic E-state index is 0.0000390. The predicted molar refractivity (Wildman–Crippen MR) is 127 cm³/mol. The van der Waals surface area contributed by atoms with Gasteiger partial charge in [-0.1, -0.05) is 52.1 Å². The number of hydrogen-bond donors (Lipinski definition) is 2. The summed E-state index contributed by atoms with van der Waals surface area (Å²) >= 11 is 11.1. The van der Waals surface area contributed by atoms with Crippen molar-refractivity contribution in [3.05, 3.63) is 44.4 Å². The van der Waals surface area contributed by atoms with Gasteiger partial charge in [-0.2, -0.15) is 10.3 Å². The number of thiocarbonyl (C=S) groups is 2. The molecule has 30 heavy (non-hydrogen) atoms. The van der Waals surface area contributed by atoms with E-state index < -0.39 is 0 Å². The van der Waals surface area contributed by atoms with E-state index in [1.807, 2.05) is 0 Å². The van der Waals surface area contributed by atoms with Gasteiger partial charge in [-0.3, -0.25) is 9.59 Å². The third-order valence-electron chi connectivity index (χ3n) is 5.30. The molecule has 2 aromatic heterocycles. The molecule has 0 saturated carbocycles. The van der Waals surface area contributed by atoms with Crippen molar-refractivity contribution in [3.63, 3.8) is 0 Å². The van der Waals surface area contributed by atoms with Gasteiger partial charge in [-0.15, -0.1) is 0 Å². The lowest BCUT2D eigenvalue weighted by atomic mass is 9.82. The molecule has 2 N–H and O–H groups in total. The van der Waals surface area contributed by atoms with Crippen LogP contribution in [0.3, 0.4) is 0 Å². The van der Waals surface area contributed by atoms with E-state index in [4.69, 9.17) is 33.5 Å². The molecule has 2 aromatic rings. The van der Waals surface area contributed by atoms with Crippen molar-refractivity contribution < 1.29 is 9.05 Å². The average molecular weight is 453 g/mol. The number of rotatable bonds is 13. The van der Waals surface area contributed by atoms with Crippen LogP contribution >= 0.6 is 24.4 Å². The molecule has 0 aliphatic carbocycles. The molecule has 2 heterocycles. The van der Waals surface area contributed by atoms with E-state index in [1.165, 1.54) is 12.1 Å². The van der Waals surface area contributed by atoms with Crippen molar-refractivity contribution in [1.82, 2.24) is 10.3 Å². The van der Waals surface area contributed by atoms with Crippen molar-refractivity contribution >= 4 is 34.2 Å². The lowest BCUT2D eigenvalue weighted by Crippen LogP contribution is -2.17. The van der Waals surface area contributed by atoms with Crippen LogP contribution in [-0.2, 0) is 12.8 Å². The Hall–Kier alpha value is -1.80. The maximum Gasteiger partial charge on any atom is 0.280 e. The van der Waals surface area contributed by atoms with Crippen molar-refractivity contribution in [2.45, 2.75) is 79.1 Å². The SMILES string of the molecule is CC(C)(CCC(=S)CCC(=S)CCC(C)(C)Cc1cc(=O)[nH]o1)Cc1cc(=O)[nH]o1. The highest BCUT2D eigenvalue weighted by Crippen LogP contribution is 2.29. The smallest absolute Gasteiger partial charge is 0.280 e. The summed E-state index contributed by atoms with van der Waals surface area (Å²) in [6.45, 7) is 8.62.